The summed E-state index contributed by atoms with van der Waals surface area (Å²) in [6.45, 7) is 0.735. The Morgan fingerprint density at radius 2 is 1.88 bits per heavy atom. The lowest BCUT2D eigenvalue weighted by Gasteiger charge is -2.24. The molecule has 1 atom stereocenters. The Balaban J connectivity index is 0.00000338. The van der Waals surface area contributed by atoms with Gasteiger partial charge in [0.25, 0.3) is 0 Å². The highest BCUT2D eigenvalue weighted by molar-refractivity contribution is 14.0. The van der Waals surface area contributed by atoms with E-state index in [0.717, 1.165) is 47.5 Å². The standard InChI is InChI=1S/C18H29N3O3S.HI/c1-19-18(21-13-6-5-9-25-12-13)20-8-7-15-16(23-3)10-14(22-2)11-17(15)24-4;/h10-11,13H,5-9,12H2,1-4H3,(H2,19,20,21);1H. The molecule has 0 saturated carbocycles. The van der Waals surface area contributed by atoms with E-state index in [1.165, 1.54) is 18.6 Å². The van der Waals surface area contributed by atoms with Crippen LogP contribution in [0, 0.1) is 0 Å². The van der Waals surface area contributed by atoms with Gasteiger partial charge in [-0.15, -0.1) is 24.0 Å². The van der Waals surface area contributed by atoms with Gasteiger partial charge in [0.15, 0.2) is 5.96 Å². The van der Waals surface area contributed by atoms with E-state index in [1.54, 1.807) is 28.4 Å². The van der Waals surface area contributed by atoms with E-state index in [4.69, 9.17) is 14.2 Å². The lowest BCUT2D eigenvalue weighted by molar-refractivity contribution is 0.368. The summed E-state index contributed by atoms with van der Waals surface area (Å²) in [4.78, 5) is 4.33. The molecule has 6 nitrogen and oxygen atoms in total. The fourth-order valence-electron chi connectivity index (χ4n) is 2.87. The maximum atomic E-state index is 5.50. The summed E-state index contributed by atoms with van der Waals surface area (Å²) in [6.07, 6.45) is 3.23. The minimum Gasteiger partial charge on any atom is -0.496 e. The third-order valence-corrected chi connectivity index (χ3v) is 5.42. The van der Waals surface area contributed by atoms with E-state index in [2.05, 4.69) is 15.6 Å². The van der Waals surface area contributed by atoms with Crippen LogP contribution in [0.4, 0.5) is 0 Å². The number of hydrogen-bond acceptors (Lipinski definition) is 5. The van der Waals surface area contributed by atoms with Crippen LogP contribution >= 0.6 is 35.7 Å². The van der Waals surface area contributed by atoms with Crippen LogP contribution in [0.1, 0.15) is 18.4 Å². The maximum Gasteiger partial charge on any atom is 0.191 e. The van der Waals surface area contributed by atoms with Crippen LogP contribution in [-0.4, -0.2) is 58.4 Å². The molecule has 148 valence electrons. The second-order valence-electron chi connectivity index (χ2n) is 5.82. The zero-order valence-electron chi connectivity index (χ0n) is 16.0. The predicted molar refractivity (Wildman–Crippen MR) is 120 cm³/mol. The third kappa shape index (κ3) is 6.61. The topological polar surface area (TPSA) is 64.1 Å². The first-order valence-corrected chi connectivity index (χ1v) is 9.71. The summed E-state index contributed by atoms with van der Waals surface area (Å²) in [6, 6.07) is 4.25. The average Bonchev–Trinajstić information content (AvgIpc) is 2.67. The molecule has 0 spiro atoms. The van der Waals surface area contributed by atoms with E-state index < -0.39 is 0 Å². The number of nitrogens with one attached hydrogen (secondary N) is 2. The molecule has 1 aromatic rings. The van der Waals surface area contributed by atoms with Crippen LogP contribution in [0.15, 0.2) is 17.1 Å². The number of aliphatic imine (C=N–C) groups is 1. The second-order valence-corrected chi connectivity index (χ2v) is 6.97. The van der Waals surface area contributed by atoms with Crippen LogP contribution in [0.3, 0.4) is 0 Å². The normalized spacial score (nSPS) is 17.1. The zero-order valence-corrected chi connectivity index (χ0v) is 19.1. The van der Waals surface area contributed by atoms with Gasteiger partial charge in [-0.1, -0.05) is 0 Å². The number of benzene rings is 1. The van der Waals surface area contributed by atoms with Crippen molar-refractivity contribution in [2.75, 3.05) is 46.4 Å². The number of nitrogens with zero attached hydrogens (tertiary/aromatic N) is 1. The Bertz CT molecular complexity index is 556. The zero-order chi connectivity index (χ0) is 18.1. The van der Waals surface area contributed by atoms with Crippen molar-refractivity contribution >= 4 is 41.7 Å². The van der Waals surface area contributed by atoms with Gasteiger partial charge in [-0.25, -0.2) is 0 Å². The van der Waals surface area contributed by atoms with Gasteiger partial charge in [-0.2, -0.15) is 11.8 Å². The molecule has 2 N–H and O–H groups in total. The monoisotopic (exact) mass is 495 g/mol. The van der Waals surface area contributed by atoms with Crippen molar-refractivity contribution in [3.63, 3.8) is 0 Å². The van der Waals surface area contributed by atoms with Crippen molar-refractivity contribution < 1.29 is 14.2 Å². The molecule has 0 aromatic heterocycles. The molecule has 1 heterocycles. The van der Waals surface area contributed by atoms with Crippen molar-refractivity contribution in [2.45, 2.75) is 25.3 Å². The van der Waals surface area contributed by atoms with E-state index in [1.807, 2.05) is 23.9 Å². The third-order valence-electron chi connectivity index (χ3n) is 4.21. The molecule has 0 aliphatic carbocycles. The highest BCUT2D eigenvalue weighted by atomic mass is 127. The fraction of sp³-hybridized carbons (Fsp3) is 0.611. The van der Waals surface area contributed by atoms with Crippen molar-refractivity contribution in [1.82, 2.24) is 10.6 Å². The quantitative estimate of drug-likeness (QED) is 0.345. The van der Waals surface area contributed by atoms with E-state index >= 15 is 0 Å². The lowest BCUT2D eigenvalue weighted by atomic mass is 10.1. The molecular formula is C18H30IN3O3S. The first-order chi connectivity index (χ1) is 12.2. The average molecular weight is 495 g/mol. The van der Waals surface area contributed by atoms with Gasteiger partial charge in [0.05, 0.1) is 21.3 Å². The second kappa shape index (κ2) is 12.4. The minimum atomic E-state index is 0. The highest BCUT2D eigenvalue weighted by Crippen LogP contribution is 2.34. The van der Waals surface area contributed by atoms with E-state index in [0.29, 0.717) is 6.04 Å². The van der Waals surface area contributed by atoms with Gasteiger partial charge in [0.1, 0.15) is 17.2 Å². The van der Waals surface area contributed by atoms with Crippen molar-refractivity contribution in [2.24, 2.45) is 4.99 Å². The van der Waals surface area contributed by atoms with Crippen LogP contribution in [0.5, 0.6) is 17.2 Å². The summed E-state index contributed by atoms with van der Waals surface area (Å²) >= 11 is 2.00. The molecule has 1 aliphatic heterocycles. The van der Waals surface area contributed by atoms with Crippen molar-refractivity contribution in [1.29, 1.82) is 0 Å². The number of rotatable bonds is 7. The molecule has 0 amide bonds. The number of thioether (sulfide) groups is 1. The summed E-state index contributed by atoms with van der Waals surface area (Å²) in [5, 5.41) is 6.89. The van der Waals surface area contributed by atoms with Crippen molar-refractivity contribution in [3.8, 4) is 17.2 Å². The molecule has 8 heteroatoms. The number of hydrogen-bond donors (Lipinski definition) is 2. The molecule has 0 radical (unpaired) electrons. The Morgan fingerprint density at radius 1 is 1.19 bits per heavy atom. The van der Waals surface area contributed by atoms with Crippen LogP contribution in [-0.2, 0) is 6.42 Å². The Morgan fingerprint density at radius 3 is 2.38 bits per heavy atom. The molecule has 2 rings (SSSR count). The summed E-state index contributed by atoms with van der Waals surface area (Å²) < 4.78 is 16.3. The first kappa shape index (κ1) is 23.0. The maximum absolute atomic E-state index is 5.50. The van der Waals surface area contributed by atoms with E-state index in [9.17, 15) is 0 Å². The molecule has 26 heavy (non-hydrogen) atoms. The van der Waals surface area contributed by atoms with Crippen molar-refractivity contribution in [3.05, 3.63) is 17.7 Å². The highest BCUT2D eigenvalue weighted by Gasteiger charge is 2.16. The van der Waals surface area contributed by atoms with Gasteiger partial charge in [0.2, 0.25) is 0 Å². The minimum absolute atomic E-state index is 0. The van der Waals surface area contributed by atoms with Gasteiger partial charge < -0.3 is 24.8 Å². The van der Waals surface area contributed by atoms with Crippen LogP contribution < -0.4 is 24.8 Å². The Labute approximate surface area is 177 Å². The largest absolute Gasteiger partial charge is 0.496 e. The molecular weight excluding hydrogens is 465 g/mol. The lowest BCUT2D eigenvalue weighted by Crippen LogP contribution is -2.46. The molecule has 0 bridgehead atoms. The molecule has 1 saturated heterocycles. The van der Waals surface area contributed by atoms with Crippen LogP contribution in [0.25, 0.3) is 0 Å². The van der Waals surface area contributed by atoms with Gasteiger partial charge >= 0.3 is 0 Å². The summed E-state index contributed by atoms with van der Waals surface area (Å²) in [5.41, 5.74) is 1.02. The summed E-state index contributed by atoms with van der Waals surface area (Å²) in [7, 11) is 6.76. The molecule has 1 unspecified atom stereocenters. The first-order valence-electron chi connectivity index (χ1n) is 8.55. The molecule has 1 fully saturated rings. The number of methoxy groups -OCH3 is 3. The Hall–Kier alpha value is -1.03. The fourth-order valence-corrected chi connectivity index (χ4v) is 3.94. The predicted octanol–water partition coefficient (Wildman–Crippen LogP) is 2.93. The molecule has 1 aliphatic rings. The molecule has 1 aromatic carbocycles. The van der Waals surface area contributed by atoms with E-state index in [-0.39, 0.29) is 24.0 Å². The van der Waals surface area contributed by atoms with Gasteiger partial charge in [-0.3, -0.25) is 4.99 Å². The number of guanidine groups is 1. The number of ether oxygens (including phenoxy) is 3. The SMILES string of the molecule is CN=C(NCCc1c(OC)cc(OC)cc1OC)NC1CCCSC1.I. The number of halogens is 1. The van der Waals surface area contributed by atoms with Gasteiger partial charge in [0, 0.05) is 43.1 Å². The van der Waals surface area contributed by atoms with Crippen LogP contribution in [0.2, 0.25) is 0 Å². The smallest absolute Gasteiger partial charge is 0.191 e. The van der Waals surface area contributed by atoms with Gasteiger partial charge in [-0.05, 0) is 25.0 Å². The summed E-state index contributed by atoms with van der Waals surface area (Å²) in [5.74, 6) is 5.51. The Kier molecular flexibility index (Phi) is 11.0.